The first-order chi connectivity index (χ1) is 22.7. The number of nitrogens with zero attached hydrogens (tertiary/aromatic N) is 4. The van der Waals surface area contributed by atoms with Gasteiger partial charge in [0.15, 0.2) is 16.9 Å². The van der Waals surface area contributed by atoms with Crippen LogP contribution in [-0.2, 0) is 16.5 Å². The van der Waals surface area contributed by atoms with E-state index in [1.165, 1.54) is 84.0 Å². The summed E-state index contributed by atoms with van der Waals surface area (Å²) in [5.41, 5.74) is 12.9. The summed E-state index contributed by atoms with van der Waals surface area (Å²) in [5.74, 6) is 4.29. The summed E-state index contributed by atoms with van der Waals surface area (Å²) >= 11 is 0. The van der Waals surface area contributed by atoms with Crippen LogP contribution >= 0.6 is 0 Å². The van der Waals surface area contributed by atoms with Crippen LogP contribution in [0.5, 0.6) is 11.5 Å². The molecule has 0 bridgehead atoms. The van der Waals surface area contributed by atoms with E-state index in [9.17, 15) is 0 Å². The van der Waals surface area contributed by atoms with Crippen molar-refractivity contribution in [3.8, 4) is 28.7 Å². The number of pyridine rings is 2. The Morgan fingerprint density at radius 1 is 0.660 bits per heavy atom. The van der Waals surface area contributed by atoms with Gasteiger partial charge in [0.05, 0.1) is 5.56 Å². The predicted octanol–water partition coefficient (Wildman–Crippen LogP) is 8.78. The number of benzene rings is 4. The lowest BCUT2D eigenvalue weighted by atomic mass is 9.72. The zero-order chi connectivity index (χ0) is 31.4. The molecule has 224 valence electrons. The summed E-state index contributed by atoms with van der Waals surface area (Å²) in [6.45, 7) is 11.8. The second kappa shape index (κ2) is 7.26. The van der Waals surface area contributed by atoms with E-state index in [-0.39, 0.29) is 10.8 Å². The van der Waals surface area contributed by atoms with Gasteiger partial charge in [0.25, 0.3) is 11.6 Å². The summed E-state index contributed by atoms with van der Waals surface area (Å²) in [6, 6.07) is 38.7. The second-order valence-corrected chi connectivity index (χ2v) is 15.5. The van der Waals surface area contributed by atoms with Crippen molar-refractivity contribution in [2.24, 2.45) is 0 Å². The van der Waals surface area contributed by atoms with Gasteiger partial charge in [-0.3, -0.25) is 0 Å². The number of anilines is 3. The van der Waals surface area contributed by atoms with Gasteiger partial charge in [-0.15, -0.1) is 0 Å². The predicted molar refractivity (Wildman–Crippen MR) is 184 cm³/mol. The molecule has 3 aromatic heterocycles. The molecule has 47 heavy (non-hydrogen) atoms. The van der Waals surface area contributed by atoms with E-state index in [4.69, 9.17) is 4.74 Å². The Labute approximate surface area is 272 Å². The fourth-order valence-corrected chi connectivity index (χ4v) is 9.82. The van der Waals surface area contributed by atoms with Crippen LogP contribution in [0.4, 0.5) is 17.2 Å². The van der Waals surface area contributed by atoms with Crippen molar-refractivity contribution in [2.75, 3.05) is 4.90 Å². The first-order valence-electron chi connectivity index (χ1n) is 16.7. The standard InChI is InChI=1S/C42H32N4O/c1-40(2,3)23-21-32-30-19-18-27-39-43(29-14-9-7-12-26(29)41(27,4)5)31-15-10-16-33-36(31)42(46(30)39)37-34(47-33)20-17-25-24-11-6-8-13-28(24)44(38(25)37)35(22-23)45(32)42/h6-22H,1-5H3/q+2. The Morgan fingerprint density at radius 2 is 1.45 bits per heavy atom. The average Bonchev–Trinajstić information content (AvgIpc) is 3.56. The molecule has 12 rings (SSSR count). The van der Waals surface area contributed by atoms with Crippen LogP contribution in [0.3, 0.4) is 0 Å². The quantitative estimate of drug-likeness (QED) is 0.161. The summed E-state index contributed by atoms with van der Waals surface area (Å²) < 4.78 is 14.9. The van der Waals surface area contributed by atoms with E-state index in [0.29, 0.717) is 0 Å². The van der Waals surface area contributed by atoms with E-state index < -0.39 is 5.66 Å². The van der Waals surface area contributed by atoms with Crippen LogP contribution < -0.4 is 18.8 Å². The van der Waals surface area contributed by atoms with Crippen LogP contribution in [0.15, 0.2) is 103 Å². The van der Waals surface area contributed by atoms with Crippen molar-refractivity contribution >= 4 is 39.0 Å². The van der Waals surface area contributed by atoms with Crippen molar-refractivity contribution in [1.29, 1.82) is 0 Å². The highest BCUT2D eigenvalue weighted by Gasteiger charge is 2.71. The molecule has 5 aliphatic heterocycles. The number of rotatable bonds is 0. The topological polar surface area (TPSA) is 25.2 Å². The van der Waals surface area contributed by atoms with Gasteiger partial charge in [-0.25, -0.2) is 0 Å². The maximum Gasteiger partial charge on any atom is 0.323 e. The molecule has 7 aromatic rings. The highest BCUT2D eigenvalue weighted by Crippen LogP contribution is 2.63. The van der Waals surface area contributed by atoms with Gasteiger partial charge >= 0.3 is 5.66 Å². The molecule has 1 unspecified atom stereocenters. The zero-order valence-corrected chi connectivity index (χ0v) is 27.0. The van der Waals surface area contributed by atoms with Crippen molar-refractivity contribution in [1.82, 2.24) is 4.57 Å². The van der Waals surface area contributed by atoms with Crippen molar-refractivity contribution in [2.45, 2.75) is 51.1 Å². The first-order valence-corrected chi connectivity index (χ1v) is 16.7. The van der Waals surface area contributed by atoms with Crippen LogP contribution in [-0.4, -0.2) is 4.57 Å². The van der Waals surface area contributed by atoms with Crippen LogP contribution in [0.2, 0.25) is 0 Å². The van der Waals surface area contributed by atoms with E-state index in [1.807, 2.05) is 0 Å². The van der Waals surface area contributed by atoms with Gasteiger partial charge in [-0.2, -0.15) is 18.6 Å². The fourth-order valence-electron chi connectivity index (χ4n) is 9.82. The normalized spacial score (nSPS) is 19.1. The maximum absolute atomic E-state index is 7.01. The third-order valence-electron chi connectivity index (χ3n) is 11.8. The number of para-hydroxylation sites is 2. The average molecular weight is 609 g/mol. The molecule has 0 fully saturated rings. The molecule has 4 aromatic carbocycles. The van der Waals surface area contributed by atoms with Gasteiger partial charge in [-0.05, 0) is 71.6 Å². The van der Waals surface area contributed by atoms with E-state index in [0.717, 1.165) is 11.5 Å². The molecular weight excluding hydrogens is 576 g/mol. The van der Waals surface area contributed by atoms with Crippen molar-refractivity contribution in [3.05, 3.63) is 131 Å². The third-order valence-corrected chi connectivity index (χ3v) is 11.8. The molecule has 5 aliphatic rings. The molecule has 1 spiro atoms. The van der Waals surface area contributed by atoms with Crippen molar-refractivity contribution in [3.63, 3.8) is 0 Å². The molecule has 1 atom stereocenters. The van der Waals surface area contributed by atoms with Crippen LogP contribution in [0, 0.1) is 0 Å². The van der Waals surface area contributed by atoms with Crippen molar-refractivity contribution < 1.29 is 13.9 Å². The fraction of sp³-hybridized carbons (Fsp3) is 0.190. The molecule has 5 heteroatoms. The molecular formula is C42H32N4O+2. The molecule has 5 nitrogen and oxygen atoms in total. The summed E-state index contributed by atoms with van der Waals surface area (Å²) in [7, 11) is 0. The Kier molecular flexibility index (Phi) is 3.83. The molecule has 0 N–H and O–H groups in total. The second-order valence-electron chi connectivity index (χ2n) is 15.5. The zero-order valence-electron chi connectivity index (χ0n) is 27.0. The number of fused-ring (bicyclic) bond motifs is 8. The molecule has 8 heterocycles. The lowest BCUT2D eigenvalue weighted by Crippen LogP contribution is -2.76. The summed E-state index contributed by atoms with van der Waals surface area (Å²) in [6.07, 6.45) is 0. The van der Waals surface area contributed by atoms with E-state index in [1.54, 1.807) is 0 Å². The largest absolute Gasteiger partial charge is 0.456 e. The molecule has 0 amide bonds. The number of hydrogen-bond acceptors (Lipinski definition) is 2. The van der Waals surface area contributed by atoms with Gasteiger partial charge in [0.1, 0.15) is 39.5 Å². The van der Waals surface area contributed by atoms with Crippen LogP contribution in [0.1, 0.15) is 62.4 Å². The monoisotopic (exact) mass is 608 g/mol. The minimum atomic E-state index is -0.663. The third kappa shape index (κ3) is 2.40. The van der Waals surface area contributed by atoms with Crippen LogP contribution in [0.25, 0.3) is 39.0 Å². The van der Waals surface area contributed by atoms with Gasteiger partial charge in [0.2, 0.25) is 0 Å². The molecule has 0 aliphatic carbocycles. The molecule has 0 saturated heterocycles. The first kappa shape index (κ1) is 24.8. The lowest BCUT2D eigenvalue weighted by molar-refractivity contribution is -0.932. The Balaban J connectivity index is 1.40. The molecule has 0 radical (unpaired) electrons. The Morgan fingerprint density at radius 3 is 2.32 bits per heavy atom. The summed E-state index contributed by atoms with van der Waals surface area (Å²) in [5, 5.41) is 2.53. The van der Waals surface area contributed by atoms with E-state index >= 15 is 0 Å². The highest BCUT2D eigenvalue weighted by atomic mass is 16.5. The number of hydrogen-bond donors (Lipinski definition) is 0. The number of ether oxygens (including phenoxy) is 1. The molecule has 0 saturated carbocycles. The highest BCUT2D eigenvalue weighted by molar-refractivity contribution is 6.11. The van der Waals surface area contributed by atoms with Gasteiger partial charge in [0, 0.05) is 27.8 Å². The summed E-state index contributed by atoms with van der Waals surface area (Å²) in [4.78, 5) is 2.53. The minimum absolute atomic E-state index is 0.0447. The Hall–Kier alpha value is -5.42. The van der Waals surface area contributed by atoms with E-state index in [2.05, 4.69) is 156 Å². The smallest absolute Gasteiger partial charge is 0.323 e. The van der Waals surface area contributed by atoms with Gasteiger partial charge < -0.3 is 4.74 Å². The van der Waals surface area contributed by atoms with Gasteiger partial charge in [-0.1, -0.05) is 71.0 Å². The maximum atomic E-state index is 7.01. The SMILES string of the molecule is CC(C)(C)c1cc2[n+]3c(c1)-n1c4ccccc4c4ccc5c(c41)C31c3c(cccc3N3c4ccccc4C(C)(C)c4ccc-2[n+]1c43)O5. The lowest BCUT2D eigenvalue weighted by Gasteiger charge is -2.45. The minimum Gasteiger partial charge on any atom is -0.456 e. The number of aromatic nitrogens is 3. The Bertz CT molecular complexity index is 2690.